The summed E-state index contributed by atoms with van der Waals surface area (Å²) >= 11 is 0. The molecule has 5 nitrogen and oxygen atoms in total. The Morgan fingerprint density at radius 3 is 2.54 bits per heavy atom. The highest BCUT2D eigenvalue weighted by Gasteiger charge is 2.28. The zero-order valence-corrected chi connectivity index (χ0v) is 16.5. The fraction of sp³-hybridized carbons (Fsp3) is 0.348. The summed E-state index contributed by atoms with van der Waals surface area (Å²) in [5.41, 5.74) is 2.99. The van der Waals surface area contributed by atoms with Gasteiger partial charge in [0.2, 0.25) is 5.91 Å². The molecular weight excluding hydrogens is 354 g/mol. The lowest BCUT2D eigenvalue weighted by molar-refractivity contribution is -0.145. The molecule has 1 aliphatic rings. The molecule has 0 radical (unpaired) electrons. The third-order valence-corrected chi connectivity index (χ3v) is 5.45. The SMILES string of the molecule is CC[C@H](C)[C@H](C(=O)OCC(=O)c1ccc2c(c1)CC(=O)N2C)c1ccccc1. The molecule has 3 rings (SSSR count). The van der Waals surface area contributed by atoms with E-state index in [1.165, 1.54) is 0 Å². The van der Waals surface area contributed by atoms with E-state index in [-0.39, 0.29) is 36.6 Å². The number of likely N-dealkylation sites (N-methyl/N-ethyl adjacent to an activating group) is 1. The molecule has 2 atom stereocenters. The molecule has 1 heterocycles. The summed E-state index contributed by atoms with van der Waals surface area (Å²) in [6.45, 7) is 3.73. The van der Waals surface area contributed by atoms with E-state index in [4.69, 9.17) is 4.74 Å². The van der Waals surface area contributed by atoms with E-state index < -0.39 is 5.92 Å². The van der Waals surface area contributed by atoms with E-state index in [9.17, 15) is 14.4 Å². The number of carbonyl (C=O) groups excluding carboxylic acids is 3. The second-order valence-corrected chi connectivity index (χ2v) is 7.28. The van der Waals surface area contributed by atoms with Crippen LogP contribution < -0.4 is 4.90 Å². The fourth-order valence-electron chi connectivity index (χ4n) is 3.55. The molecule has 0 saturated heterocycles. The van der Waals surface area contributed by atoms with Crippen LogP contribution in [0, 0.1) is 5.92 Å². The van der Waals surface area contributed by atoms with Crippen LogP contribution in [0.2, 0.25) is 0 Å². The van der Waals surface area contributed by atoms with Crippen molar-refractivity contribution in [1.82, 2.24) is 0 Å². The monoisotopic (exact) mass is 379 g/mol. The van der Waals surface area contributed by atoms with E-state index in [1.807, 2.05) is 44.2 Å². The van der Waals surface area contributed by atoms with Crippen molar-refractivity contribution in [2.45, 2.75) is 32.6 Å². The van der Waals surface area contributed by atoms with Gasteiger partial charge in [0, 0.05) is 18.3 Å². The van der Waals surface area contributed by atoms with Gasteiger partial charge < -0.3 is 9.64 Å². The van der Waals surface area contributed by atoms with Crippen LogP contribution >= 0.6 is 0 Å². The highest BCUT2D eigenvalue weighted by molar-refractivity contribution is 6.04. The number of benzene rings is 2. The highest BCUT2D eigenvalue weighted by atomic mass is 16.5. The van der Waals surface area contributed by atoms with Crippen molar-refractivity contribution in [2.75, 3.05) is 18.6 Å². The van der Waals surface area contributed by atoms with Crippen molar-refractivity contribution in [2.24, 2.45) is 5.92 Å². The van der Waals surface area contributed by atoms with Crippen LogP contribution in [0.4, 0.5) is 5.69 Å². The first kappa shape index (κ1) is 19.8. The number of Topliss-reactive ketones (excluding diaryl/α,β-unsaturated/α-hetero) is 1. The molecule has 5 heteroatoms. The van der Waals surface area contributed by atoms with Gasteiger partial charge in [0.1, 0.15) is 0 Å². The summed E-state index contributed by atoms with van der Waals surface area (Å²) in [5, 5.41) is 0. The maximum atomic E-state index is 12.7. The predicted molar refractivity (Wildman–Crippen MR) is 107 cm³/mol. The minimum atomic E-state index is -0.398. The van der Waals surface area contributed by atoms with Gasteiger partial charge in [-0.2, -0.15) is 0 Å². The molecule has 0 N–H and O–H groups in total. The topological polar surface area (TPSA) is 63.7 Å². The molecule has 2 aromatic carbocycles. The zero-order chi connectivity index (χ0) is 20.3. The third kappa shape index (κ3) is 3.98. The van der Waals surface area contributed by atoms with Crippen LogP contribution in [-0.2, 0) is 20.7 Å². The third-order valence-electron chi connectivity index (χ3n) is 5.45. The zero-order valence-electron chi connectivity index (χ0n) is 16.5. The number of ether oxygens (including phenoxy) is 1. The van der Waals surface area contributed by atoms with Gasteiger partial charge in [-0.15, -0.1) is 0 Å². The summed E-state index contributed by atoms with van der Waals surface area (Å²) in [6, 6.07) is 14.7. The van der Waals surface area contributed by atoms with Gasteiger partial charge >= 0.3 is 5.97 Å². The number of anilines is 1. The lowest BCUT2D eigenvalue weighted by Crippen LogP contribution is -2.24. The van der Waals surface area contributed by atoms with E-state index in [2.05, 4.69) is 0 Å². The summed E-state index contributed by atoms with van der Waals surface area (Å²) < 4.78 is 5.39. The molecule has 0 unspecified atom stereocenters. The Morgan fingerprint density at radius 2 is 1.86 bits per heavy atom. The predicted octanol–water partition coefficient (Wildman–Crippen LogP) is 3.76. The minimum Gasteiger partial charge on any atom is -0.457 e. The van der Waals surface area contributed by atoms with Gasteiger partial charge in [-0.05, 0) is 35.2 Å². The Bertz CT molecular complexity index is 891. The van der Waals surface area contributed by atoms with E-state index in [1.54, 1.807) is 30.1 Å². The molecule has 0 spiro atoms. The number of ketones is 1. The number of rotatable bonds is 7. The summed E-state index contributed by atoms with van der Waals surface area (Å²) in [6.07, 6.45) is 1.12. The van der Waals surface area contributed by atoms with Gasteiger partial charge in [-0.3, -0.25) is 14.4 Å². The molecule has 1 amide bonds. The molecule has 146 valence electrons. The van der Waals surface area contributed by atoms with Crippen molar-refractivity contribution in [3.63, 3.8) is 0 Å². The summed E-state index contributed by atoms with van der Waals surface area (Å²) in [7, 11) is 1.72. The van der Waals surface area contributed by atoms with Gasteiger partial charge in [-0.1, -0.05) is 50.6 Å². The maximum Gasteiger partial charge on any atom is 0.314 e. The molecule has 0 fully saturated rings. The Labute approximate surface area is 165 Å². The Hall–Kier alpha value is -2.95. The van der Waals surface area contributed by atoms with Gasteiger partial charge in [0.15, 0.2) is 12.4 Å². The van der Waals surface area contributed by atoms with Crippen molar-refractivity contribution < 1.29 is 19.1 Å². The van der Waals surface area contributed by atoms with Crippen LogP contribution in [0.25, 0.3) is 0 Å². The van der Waals surface area contributed by atoms with Crippen LogP contribution in [0.3, 0.4) is 0 Å². The molecule has 1 aliphatic heterocycles. The number of carbonyl (C=O) groups is 3. The van der Waals surface area contributed by atoms with Crippen LogP contribution in [0.1, 0.15) is 47.7 Å². The van der Waals surface area contributed by atoms with E-state index in [0.717, 1.165) is 23.2 Å². The van der Waals surface area contributed by atoms with Gasteiger partial charge in [0.25, 0.3) is 0 Å². The average molecular weight is 379 g/mol. The first-order valence-corrected chi connectivity index (χ1v) is 9.56. The van der Waals surface area contributed by atoms with Crippen molar-refractivity contribution in [3.8, 4) is 0 Å². The molecule has 28 heavy (non-hydrogen) atoms. The minimum absolute atomic E-state index is 0.00489. The maximum absolute atomic E-state index is 12.7. The number of nitrogens with zero attached hydrogens (tertiary/aromatic N) is 1. The normalized spacial score (nSPS) is 15.1. The van der Waals surface area contributed by atoms with Crippen molar-refractivity contribution in [1.29, 1.82) is 0 Å². The highest BCUT2D eigenvalue weighted by Crippen LogP contribution is 2.30. The van der Waals surface area contributed by atoms with Crippen molar-refractivity contribution >= 4 is 23.3 Å². The Balaban J connectivity index is 1.69. The van der Waals surface area contributed by atoms with E-state index in [0.29, 0.717) is 5.56 Å². The van der Waals surface area contributed by atoms with Gasteiger partial charge in [-0.25, -0.2) is 0 Å². The first-order chi connectivity index (χ1) is 13.4. The number of fused-ring (bicyclic) bond motifs is 1. The smallest absolute Gasteiger partial charge is 0.314 e. The van der Waals surface area contributed by atoms with Crippen LogP contribution in [0.15, 0.2) is 48.5 Å². The number of hydrogen-bond donors (Lipinski definition) is 0. The van der Waals surface area contributed by atoms with Crippen LogP contribution in [-0.4, -0.2) is 31.3 Å². The first-order valence-electron chi connectivity index (χ1n) is 9.56. The largest absolute Gasteiger partial charge is 0.457 e. The van der Waals surface area contributed by atoms with E-state index >= 15 is 0 Å². The number of amides is 1. The molecule has 2 aromatic rings. The lowest BCUT2D eigenvalue weighted by atomic mass is 9.85. The molecular formula is C23H25NO4. The van der Waals surface area contributed by atoms with Crippen LogP contribution in [0.5, 0.6) is 0 Å². The molecule has 0 aliphatic carbocycles. The Kier molecular flexibility index (Phi) is 5.93. The second kappa shape index (κ2) is 8.38. The average Bonchev–Trinajstić information content (AvgIpc) is 3.00. The lowest BCUT2D eigenvalue weighted by Gasteiger charge is -2.21. The van der Waals surface area contributed by atoms with Crippen molar-refractivity contribution in [3.05, 3.63) is 65.2 Å². The van der Waals surface area contributed by atoms with Gasteiger partial charge in [0.05, 0.1) is 12.3 Å². The second-order valence-electron chi connectivity index (χ2n) is 7.28. The summed E-state index contributed by atoms with van der Waals surface area (Å²) in [4.78, 5) is 38.6. The Morgan fingerprint density at radius 1 is 1.14 bits per heavy atom. The fourth-order valence-corrected chi connectivity index (χ4v) is 3.55. The number of esters is 1. The summed E-state index contributed by atoms with van der Waals surface area (Å²) in [5.74, 6) is -0.943. The number of hydrogen-bond acceptors (Lipinski definition) is 4. The molecule has 0 saturated carbocycles. The quantitative estimate of drug-likeness (QED) is 0.543. The molecule has 0 bridgehead atoms. The standard InChI is InChI=1S/C23H25NO4/c1-4-15(2)22(16-8-6-5-7-9-16)23(27)28-14-20(25)17-10-11-19-18(12-17)13-21(26)24(19)3/h5-12,15,22H,4,13-14H2,1-3H3/t15-,22-/m0/s1. The molecule has 0 aromatic heterocycles.